The van der Waals surface area contributed by atoms with Gasteiger partial charge in [0.25, 0.3) is 5.91 Å². The first-order chi connectivity index (χ1) is 12.8. The van der Waals surface area contributed by atoms with Gasteiger partial charge >= 0.3 is 0 Å². The van der Waals surface area contributed by atoms with Gasteiger partial charge in [-0.25, -0.2) is 4.98 Å². The van der Waals surface area contributed by atoms with Gasteiger partial charge in [-0.15, -0.1) is 11.3 Å². The van der Waals surface area contributed by atoms with Gasteiger partial charge in [0.2, 0.25) is 0 Å². The van der Waals surface area contributed by atoms with Crippen molar-refractivity contribution >= 4 is 22.9 Å². The number of fused-ring (bicyclic) bond motifs is 1. The number of anilines is 1. The number of aromatic amines is 1. The Morgan fingerprint density at radius 2 is 2.19 bits per heavy atom. The average Bonchev–Trinajstić information content (AvgIpc) is 3.27. The second kappa shape index (κ2) is 7.67. The van der Waals surface area contributed by atoms with E-state index in [0.29, 0.717) is 18.2 Å². The molecule has 1 amide bonds. The summed E-state index contributed by atoms with van der Waals surface area (Å²) in [5.41, 5.74) is 1.98. The Bertz CT molecular complexity index is 850. The molecule has 1 aliphatic heterocycles. The normalized spacial score (nSPS) is 13.7. The SMILES string of the molecule is O=C(Nc1ccc(OCc2ncn[nH]2)cc1)c1cc2c(s1)CCCNC2. The van der Waals surface area contributed by atoms with Crippen molar-refractivity contribution in [3.63, 3.8) is 0 Å². The van der Waals surface area contributed by atoms with Gasteiger partial charge < -0.3 is 15.4 Å². The first-order valence-corrected chi connectivity index (χ1v) is 9.30. The van der Waals surface area contributed by atoms with Crippen molar-refractivity contribution in [1.29, 1.82) is 0 Å². The van der Waals surface area contributed by atoms with Gasteiger partial charge in [-0.2, -0.15) is 5.10 Å². The zero-order valence-electron chi connectivity index (χ0n) is 14.1. The summed E-state index contributed by atoms with van der Waals surface area (Å²) in [6.45, 7) is 2.20. The van der Waals surface area contributed by atoms with Crippen molar-refractivity contribution in [3.05, 3.63) is 57.8 Å². The molecule has 0 atom stereocenters. The van der Waals surface area contributed by atoms with Crippen molar-refractivity contribution < 1.29 is 9.53 Å². The second-order valence-electron chi connectivity index (χ2n) is 6.04. The predicted octanol–water partition coefficient (Wildman–Crippen LogP) is 2.73. The van der Waals surface area contributed by atoms with Gasteiger partial charge in [-0.3, -0.25) is 9.89 Å². The third-order valence-corrected chi connectivity index (χ3v) is 5.38. The van der Waals surface area contributed by atoms with E-state index in [1.54, 1.807) is 11.3 Å². The monoisotopic (exact) mass is 369 g/mol. The Balaban J connectivity index is 1.37. The molecule has 134 valence electrons. The fourth-order valence-electron chi connectivity index (χ4n) is 2.82. The first kappa shape index (κ1) is 16.7. The van der Waals surface area contributed by atoms with Crippen molar-refractivity contribution in [1.82, 2.24) is 20.5 Å². The summed E-state index contributed by atoms with van der Waals surface area (Å²) >= 11 is 1.59. The van der Waals surface area contributed by atoms with E-state index in [1.165, 1.54) is 16.8 Å². The molecule has 3 N–H and O–H groups in total. The van der Waals surface area contributed by atoms with Crippen molar-refractivity contribution in [2.75, 3.05) is 11.9 Å². The summed E-state index contributed by atoms with van der Waals surface area (Å²) in [6.07, 6.45) is 3.60. The lowest BCUT2D eigenvalue weighted by Gasteiger charge is -2.07. The van der Waals surface area contributed by atoms with E-state index >= 15 is 0 Å². The number of carbonyl (C=O) groups excluding carboxylic acids is 1. The molecule has 4 rings (SSSR count). The van der Waals surface area contributed by atoms with Crippen LogP contribution in [0.3, 0.4) is 0 Å². The smallest absolute Gasteiger partial charge is 0.265 e. The van der Waals surface area contributed by atoms with Gasteiger partial charge in [-0.05, 0) is 55.3 Å². The Labute approximate surface area is 154 Å². The Hall–Kier alpha value is -2.71. The first-order valence-electron chi connectivity index (χ1n) is 8.49. The zero-order valence-corrected chi connectivity index (χ0v) is 14.9. The van der Waals surface area contributed by atoms with E-state index in [0.717, 1.165) is 36.5 Å². The van der Waals surface area contributed by atoms with E-state index in [9.17, 15) is 4.79 Å². The molecule has 7 nitrogen and oxygen atoms in total. The summed E-state index contributed by atoms with van der Waals surface area (Å²) in [6, 6.07) is 9.29. The largest absolute Gasteiger partial charge is 0.486 e. The lowest BCUT2D eigenvalue weighted by atomic mass is 10.2. The van der Waals surface area contributed by atoms with Crippen LogP contribution in [0.25, 0.3) is 0 Å². The van der Waals surface area contributed by atoms with Crippen molar-refractivity contribution in [3.8, 4) is 5.75 Å². The van der Waals surface area contributed by atoms with Gasteiger partial charge in [0.05, 0.1) is 4.88 Å². The van der Waals surface area contributed by atoms with Crippen molar-refractivity contribution in [2.24, 2.45) is 0 Å². The number of benzene rings is 1. The summed E-state index contributed by atoms with van der Waals surface area (Å²) in [5.74, 6) is 1.29. The van der Waals surface area contributed by atoms with Crippen LogP contribution >= 0.6 is 11.3 Å². The van der Waals surface area contributed by atoms with Crippen LogP contribution in [0.1, 0.15) is 32.4 Å². The molecule has 3 heterocycles. The minimum Gasteiger partial charge on any atom is -0.486 e. The highest BCUT2D eigenvalue weighted by molar-refractivity contribution is 7.14. The van der Waals surface area contributed by atoms with Gasteiger partial charge in [0, 0.05) is 17.1 Å². The Morgan fingerprint density at radius 1 is 1.31 bits per heavy atom. The number of nitrogens with one attached hydrogen (secondary N) is 3. The lowest BCUT2D eigenvalue weighted by molar-refractivity contribution is 0.103. The van der Waals surface area contributed by atoms with Gasteiger partial charge in [-0.1, -0.05) is 0 Å². The summed E-state index contributed by atoms with van der Waals surface area (Å²) < 4.78 is 5.61. The van der Waals surface area contributed by atoms with Crippen molar-refractivity contribution in [2.45, 2.75) is 26.0 Å². The van der Waals surface area contributed by atoms with Crippen LogP contribution in [-0.2, 0) is 19.6 Å². The summed E-state index contributed by atoms with van der Waals surface area (Å²) in [4.78, 5) is 18.6. The quantitative estimate of drug-likeness (QED) is 0.643. The molecular weight excluding hydrogens is 350 g/mol. The molecule has 0 saturated carbocycles. The molecule has 0 bridgehead atoms. The van der Waals surface area contributed by atoms with E-state index in [-0.39, 0.29) is 5.91 Å². The molecule has 0 fully saturated rings. The Kier molecular flexibility index (Phi) is 4.94. The van der Waals surface area contributed by atoms with Crippen LogP contribution in [0, 0.1) is 0 Å². The highest BCUT2D eigenvalue weighted by Crippen LogP contribution is 2.26. The molecule has 0 aliphatic carbocycles. The molecule has 0 unspecified atom stereocenters. The third kappa shape index (κ3) is 3.92. The van der Waals surface area contributed by atoms with E-state index in [1.807, 2.05) is 30.3 Å². The number of nitrogens with zero attached hydrogens (tertiary/aromatic N) is 2. The predicted molar refractivity (Wildman–Crippen MR) is 99.5 cm³/mol. The van der Waals surface area contributed by atoms with Crippen LogP contribution in [0.5, 0.6) is 5.75 Å². The van der Waals surface area contributed by atoms with Crippen LogP contribution in [-0.4, -0.2) is 27.6 Å². The van der Waals surface area contributed by atoms with Gasteiger partial charge in [0.1, 0.15) is 18.7 Å². The maximum atomic E-state index is 12.5. The van der Waals surface area contributed by atoms with Crippen LogP contribution in [0.15, 0.2) is 36.7 Å². The molecule has 1 aromatic carbocycles. The lowest BCUT2D eigenvalue weighted by Crippen LogP contribution is -2.12. The Morgan fingerprint density at radius 3 is 3.00 bits per heavy atom. The molecule has 0 saturated heterocycles. The molecule has 0 radical (unpaired) electrons. The molecule has 3 aromatic rings. The number of thiophene rings is 1. The molecule has 8 heteroatoms. The minimum absolute atomic E-state index is 0.0709. The fraction of sp³-hybridized carbons (Fsp3) is 0.278. The van der Waals surface area contributed by atoms with Gasteiger partial charge in [0.15, 0.2) is 5.82 Å². The maximum absolute atomic E-state index is 12.5. The maximum Gasteiger partial charge on any atom is 0.265 e. The standard InChI is InChI=1S/C18H19N5O2S/c24-18(16-8-12-9-19-7-1-2-15(12)26-16)22-13-3-5-14(6-4-13)25-10-17-20-11-21-23-17/h3-6,8,11,19H,1-2,7,9-10H2,(H,22,24)(H,20,21,23). The van der Waals surface area contributed by atoms with Crippen LogP contribution in [0.2, 0.25) is 0 Å². The summed E-state index contributed by atoms with van der Waals surface area (Å²) in [5, 5.41) is 12.8. The number of aryl methyl sites for hydroxylation is 1. The highest BCUT2D eigenvalue weighted by Gasteiger charge is 2.16. The van der Waals surface area contributed by atoms with E-state index < -0.39 is 0 Å². The highest BCUT2D eigenvalue weighted by atomic mass is 32.1. The number of H-pyrrole nitrogens is 1. The number of amides is 1. The number of ether oxygens (including phenoxy) is 1. The van der Waals surface area contributed by atoms with Crippen LogP contribution < -0.4 is 15.4 Å². The number of carbonyl (C=O) groups is 1. The molecule has 26 heavy (non-hydrogen) atoms. The van der Waals surface area contributed by atoms with E-state index in [2.05, 4.69) is 25.8 Å². The van der Waals surface area contributed by atoms with E-state index in [4.69, 9.17) is 4.74 Å². The number of hydrogen-bond acceptors (Lipinski definition) is 6. The number of hydrogen-bond donors (Lipinski definition) is 3. The van der Waals surface area contributed by atoms with Crippen LogP contribution in [0.4, 0.5) is 5.69 Å². The zero-order chi connectivity index (χ0) is 17.8. The fourth-order valence-corrected chi connectivity index (χ4v) is 3.93. The number of aromatic nitrogens is 3. The molecular formula is C18H19N5O2S. The molecule has 0 spiro atoms. The topological polar surface area (TPSA) is 91.9 Å². The minimum atomic E-state index is -0.0709. The average molecular weight is 369 g/mol. The molecule has 2 aromatic heterocycles. The third-order valence-electron chi connectivity index (χ3n) is 4.15. The second-order valence-corrected chi connectivity index (χ2v) is 7.18. The summed E-state index contributed by atoms with van der Waals surface area (Å²) in [7, 11) is 0. The molecule has 1 aliphatic rings. The number of rotatable bonds is 5.